The zero-order chi connectivity index (χ0) is 77.3. The second-order valence-corrected chi connectivity index (χ2v) is 29.6. The van der Waals surface area contributed by atoms with Gasteiger partial charge in [-0.25, -0.2) is 0 Å². The van der Waals surface area contributed by atoms with Gasteiger partial charge in [0.15, 0.2) is 31.5 Å². The Labute approximate surface area is 627 Å². The van der Waals surface area contributed by atoms with Crippen LogP contribution < -0.4 is 10.6 Å². The first-order valence-corrected chi connectivity index (χ1v) is 40.1. The number of aliphatic hydroxyl groups excluding tert-OH is 16. The van der Waals surface area contributed by atoms with Crippen molar-refractivity contribution in [2.24, 2.45) is 0 Å². The number of unbranched alkanes of at least 4 members (excludes halogenated alkanes) is 30. The summed E-state index contributed by atoms with van der Waals surface area (Å²) >= 11 is 0. The second-order valence-electron chi connectivity index (χ2n) is 29.6. The molecule has 0 radical (unpaired) electrons. The van der Waals surface area contributed by atoms with Crippen molar-refractivity contribution >= 4 is 11.8 Å². The number of carbonyl (C=O) groups is 2. The number of rotatable bonds is 55. The Hall–Kier alpha value is -2.62. The Morgan fingerprint density at radius 3 is 1.16 bits per heavy atom. The van der Waals surface area contributed by atoms with E-state index in [1.807, 2.05) is 6.08 Å². The maximum absolute atomic E-state index is 13.5. The van der Waals surface area contributed by atoms with Crippen molar-refractivity contribution in [2.45, 2.75) is 405 Å². The van der Waals surface area contributed by atoms with Gasteiger partial charge in [0, 0.05) is 13.3 Å². The minimum Gasteiger partial charge on any atom is -0.394 e. The molecule has 27 atom stereocenters. The summed E-state index contributed by atoms with van der Waals surface area (Å²) in [5.41, 5.74) is 0. The molecule has 10 unspecified atom stereocenters. The summed E-state index contributed by atoms with van der Waals surface area (Å²) in [7, 11) is 0. The van der Waals surface area contributed by atoms with Crippen molar-refractivity contribution in [1.82, 2.24) is 10.6 Å². The number of amides is 2. The lowest BCUT2D eigenvalue weighted by Crippen LogP contribution is -2.70. The molecule has 106 heavy (non-hydrogen) atoms. The van der Waals surface area contributed by atoms with Crippen LogP contribution >= 0.6 is 0 Å². The molecular weight excluding hydrogens is 1390 g/mol. The Balaban J connectivity index is 1.15. The van der Waals surface area contributed by atoms with Gasteiger partial charge in [0.1, 0.15) is 122 Å². The lowest BCUT2D eigenvalue weighted by molar-refractivity contribution is -0.385. The standard InChI is InChI=1S/C76H138N2O28/c1-4-6-8-10-12-14-16-18-19-20-21-22-23-24-25-26-27-29-31-33-35-37-39-41-56(86)78-49(50(85)40-38-36-34-32-30-28-17-15-13-11-9-7-5-2)47-97-73-65(94)62(91)69(54(45-82)101-73)104-75-66(95)63(92)68(55(46-83)102-75)103-72-57(77-48(3)84)70(59(88)52(43-80)98-72)105-76-67(96)71(60(89)53(44-81)100-76)106-74-64(93)61(90)58(87)51(42-79)99-74/h18-19,38,40,49-55,57-76,79-83,85,87-96H,4-17,20-37,39,41-47H2,1-3H3,(H,77,84)(H,78,86)/b19-18-,40-38+/t49-,50+,51?,52?,53?,54?,55?,57?,58-,59-,60-,61-,62+,63+,64?,65?,66?,67?,68-,69+,70+,71-,72-,73+,74+,75-,76-/m0/s1. The molecule has 5 fully saturated rings. The number of carbonyl (C=O) groups excluding carboxylic acids is 2. The van der Waals surface area contributed by atoms with Crippen LogP contribution in [0.5, 0.6) is 0 Å². The van der Waals surface area contributed by atoms with Gasteiger partial charge >= 0.3 is 0 Å². The normalized spacial score (nSPS) is 34.4. The van der Waals surface area contributed by atoms with E-state index in [0.29, 0.717) is 12.8 Å². The number of aliphatic hydroxyl groups is 16. The number of nitrogens with one attached hydrogen (secondary N) is 2. The van der Waals surface area contributed by atoms with Gasteiger partial charge in [-0.05, 0) is 44.9 Å². The molecule has 5 saturated heterocycles. The molecule has 0 bridgehead atoms. The van der Waals surface area contributed by atoms with Gasteiger partial charge in [-0.1, -0.05) is 205 Å². The summed E-state index contributed by atoms with van der Waals surface area (Å²) in [5, 5.41) is 181. The van der Waals surface area contributed by atoms with E-state index < -0.39 is 211 Å². The topological polar surface area (TPSA) is 474 Å². The summed E-state index contributed by atoms with van der Waals surface area (Å²) in [6.45, 7) is 0.354. The first kappa shape index (κ1) is 94.0. The molecule has 5 heterocycles. The molecule has 5 rings (SSSR count). The lowest BCUT2D eigenvalue weighted by atomic mass is 9.94. The zero-order valence-corrected chi connectivity index (χ0v) is 63.2. The molecule has 5 aliphatic rings. The molecule has 18 N–H and O–H groups in total. The smallest absolute Gasteiger partial charge is 0.220 e. The fourth-order valence-corrected chi connectivity index (χ4v) is 14.3. The van der Waals surface area contributed by atoms with Gasteiger partial charge in [0.2, 0.25) is 11.8 Å². The highest BCUT2D eigenvalue weighted by Crippen LogP contribution is 2.37. The van der Waals surface area contributed by atoms with Gasteiger partial charge in [-0.2, -0.15) is 0 Å². The molecule has 0 saturated carbocycles. The van der Waals surface area contributed by atoms with Crippen LogP contribution in [0.2, 0.25) is 0 Å². The Morgan fingerprint density at radius 2 is 0.708 bits per heavy atom. The quantitative estimate of drug-likeness (QED) is 0.0307. The van der Waals surface area contributed by atoms with E-state index in [9.17, 15) is 91.3 Å². The third kappa shape index (κ3) is 31.4. The highest BCUT2D eigenvalue weighted by Gasteiger charge is 2.57. The molecule has 5 aliphatic heterocycles. The number of allylic oxidation sites excluding steroid dienone is 3. The maximum Gasteiger partial charge on any atom is 0.220 e. The predicted octanol–water partition coefficient (Wildman–Crippen LogP) is 2.50. The first-order valence-electron chi connectivity index (χ1n) is 40.1. The summed E-state index contributed by atoms with van der Waals surface area (Å²) in [6.07, 6.45) is 0.956. The molecular formula is C76H138N2O28. The number of hydrogen-bond donors (Lipinski definition) is 18. The van der Waals surface area contributed by atoms with Crippen LogP contribution in [-0.4, -0.2) is 299 Å². The fraction of sp³-hybridized carbons (Fsp3) is 0.921. The second kappa shape index (κ2) is 53.4. The van der Waals surface area contributed by atoms with Gasteiger partial charge in [-0.3, -0.25) is 9.59 Å². The zero-order valence-electron chi connectivity index (χ0n) is 63.2. The van der Waals surface area contributed by atoms with Crippen LogP contribution in [0.1, 0.15) is 239 Å². The van der Waals surface area contributed by atoms with E-state index in [1.165, 1.54) is 154 Å². The molecule has 0 aromatic rings. The summed E-state index contributed by atoms with van der Waals surface area (Å²) in [6, 6.07) is -2.78. The first-order chi connectivity index (χ1) is 51.2. The van der Waals surface area contributed by atoms with Crippen LogP contribution in [0.4, 0.5) is 0 Å². The Kier molecular flexibility index (Phi) is 47.3. The molecule has 0 aromatic carbocycles. The molecule has 30 nitrogen and oxygen atoms in total. The lowest BCUT2D eigenvalue weighted by Gasteiger charge is -2.50. The molecule has 620 valence electrons. The van der Waals surface area contributed by atoms with Crippen molar-refractivity contribution < 1.29 is 139 Å². The van der Waals surface area contributed by atoms with Gasteiger partial charge in [0.05, 0.1) is 51.8 Å². The van der Waals surface area contributed by atoms with Crippen LogP contribution in [0, 0.1) is 0 Å². The van der Waals surface area contributed by atoms with E-state index in [0.717, 1.165) is 51.9 Å². The monoisotopic (exact) mass is 1530 g/mol. The molecule has 0 aromatic heterocycles. The van der Waals surface area contributed by atoms with E-state index >= 15 is 0 Å². The van der Waals surface area contributed by atoms with Crippen molar-refractivity contribution in [3.63, 3.8) is 0 Å². The number of hydrogen-bond acceptors (Lipinski definition) is 28. The maximum atomic E-state index is 13.5. The van der Waals surface area contributed by atoms with Crippen LogP contribution in [0.25, 0.3) is 0 Å². The van der Waals surface area contributed by atoms with Gasteiger partial charge in [-0.15, -0.1) is 0 Å². The average molecular weight is 1530 g/mol. The molecule has 2 amide bonds. The number of ether oxygens (including phenoxy) is 10. The van der Waals surface area contributed by atoms with Gasteiger partial charge < -0.3 is 140 Å². The Bertz CT molecular complexity index is 2340. The summed E-state index contributed by atoms with van der Waals surface area (Å²) < 4.78 is 58.5. The van der Waals surface area contributed by atoms with Crippen molar-refractivity contribution in [3.05, 3.63) is 24.3 Å². The fourth-order valence-electron chi connectivity index (χ4n) is 14.3. The van der Waals surface area contributed by atoms with Crippen molar-refractivity contribution in [1.29, 1.82) is 0 Å². The highest BCUT2D eigenvalue weighted by atomic mass is 16.8. The highest BCUT2D eigenvalue weighted by molar-refractivity contribution is 5.76. The van der Waals surface area contributed by atoms with Crippen LogP contribution in [0.3, 0.4) is 0 Å². The van der Waals surface area contributed by atoms with Crippen LogP contribution in [-0.2, 0) is 57.0 Å². The van der Waals surface area contributed by atoms with E-state index in [4.69, 9.17) is 47.4 Å². The van der Waals surface area contributed by atoms with E-state index in [1.54, 1.807) is 6.08 Å². The third-order valence-corrected chi connectivity index (χ3v) is 20.9. The van der Waals surface area contributed by atoms with Crippen LogP contribution in [0.15, 0.2) is 24.3 Å². The van der Waals surface area contributed by atoms with E-state index in [-0.39, 0.29) is 12.3 Å². The SMILES string of the molecule is CCCCCCCC/C=C\CCCCCCCCCCCCCCCC(=O)N[C@@H](CO[C@@H]1OC(CO)[C@@H](O[C@@H]2OC(CO)[C@H](O[C@@H]3OC(CO)[C@H](O)[C@H](O[C@@H]4OC(CO)[C@H](O)[C@H](O[C@H]5OC(CO)[C@H](O)[C@H](O)C5O)C4O)C3NC(C)=O)[C@H](O)C2O)[C@H](O)C1O)[C@H](O)/C=C/CCCCCCCCCCCCC. The minimum absolute atomic E-state index is 0.194. The summed E-state index contributed by atoms with van der Waals surface area (Å²) in [4.78, 5) is 26.4. The minimum atomic E-state index is -2.16. The predicted molar refractivity (Wildman–Crippen MR) is 386 cm³/mol. The van der Waals surface area contributed by atoms with Crippen molar-refractivity contribution in [2.75, 3.05) is 39.6 Å². The van der Waals surface area contributed by atoms with Gasteiger partial charge in [0.25, 0.3) is 0 Å². The third-order valence-electron chi connectivity index (χ3n) is 20.9. The molecule has 0 aliphatic carbocycles. The molecule has 30 heteroatoms. The van der Waals surface area contributed by atoms with E-state index in [2.05, 4.69) is 36.6 Å². The molecule has 0 spiro atoms. The summed E-state index contributed by atoms with van der Waals surface area (Å²) in [5.74, 6) is -1.15. The van der Waals surface area contributed by atoms with Crippen molar-refractivity contribution in [3.8, 4) is 0 Å². The Morgan fingerprint density at radius 1 is 0.368 bits per heavy atom. The largest absolute Gasteiger partial charge is 0.394 e. The average Bonchev–Trinajstić information content (AvgIpc) is 0.771.